The molecule has 3 rings (SSSR count). The van der Waals surface area contributed by atoms with E-state index in [0.29, 0.717) is 6.42 Å². The van der Waals surface area contributed by atoms with Crippen molar-refractivity contribution in [2.75, 3.05) is 0 Å². The third kappa shape index (κ3) is 6.44. The fourth-order valence-corrected chi connectivity index (χ4v) is 6.08. The minimum absolute atomic E-state index is 0.0214. The van der Waals surface area contributed by atoms with E-state index >= 15 is 0 Å². The number of carbonyl (C=O) groups excluding carboxylic acids is 2. The third-order valence-electron chi connectivity index (χ3n) is 8.38. The van der Waals surface area contributed by atoms with Crippen LogP contribution in [0.5, 0.6) is 0 Å². The Morgan fingerprint density at radius 2 is 1.97 bits per heavy atom. The number of ether oxygens (including phenoxy) is 2. The molecule has 0 saturated carbocycles. The van der Waals surface area contributed by atoms with Crippen molar-refractivity contribution in [2.24, 2.45) is 17.3 Å². The number of fused-ring (bicyclic) bond motifs is 1. The van der Waals surface area contributed by atoms with Crippen LogP contribution < -0.4 is 4.98 Å². The smallest absolute Gasteiger partial charge is 0.309 e. The molecule has 2 saturated heterocycles. The number of aromatic amines is 1. The molecule has 1 aromatic rings. The number of epoxide rings is 1. The van der Waals surface area contributed by atoms with Crippen LogP contribution in [-0.4, -0.2) is 52.0 Å². The molecule has 202 valence electrons. The van der Waals surface area contributed by atoms with Crippen LogP contribution in [0.4, 0.5) is 0 Å². The number of aliphatic hydroxyl groups excluding tert-OH is 2. The number of cyclic esters (lactones) is 1. The maximum absolute atomic E-state index is 13.3. The molecule has 0 amide bonds. The van der Waals surface area contributed by atoms with Crippen molar-refractivity contribution >= 4 is 29.2 Å². The SMILES string of the molecule is CC[C@@]12CCC[C@H](C)[C@H](O)[C@@H](C)C(=O)C(C)(C)C(O)CC(=O)OC(/C(C)=C/c3csc(C)[nH+]3)CC1O2. The van der Waals surface area contributed by atoms with E-state index in [4.69, 9.17) is 9.47 Å². The van der Waals surface area contributed by atoms with Crippen LogP contribution in [0.25, 0.3) is 6.08 Å². The summed E-state index contributed by atoms with van der Waals surface area (Å²) in [6, 6.07) is 0. The molecule has 2 aliphatic rings. The summed E-state index contributed by atoms with van der Waals surface area (Å²) in [6.45, 7) is 13.0. The van der Waals surface area contributed by atoms with Crippen LogP contribution in [0.1, 0.15) is 90.8 Å². The van der Waals surface area contributed by atoms with Gasteiger partial charge in [0.15, 0.2) is 0 Å². The summed E-state index contributed by atoms with van der Waals surface area (Å²) in [5, 5.41) is 24.9. The second kappa shape index (κ2) is 11.4. The second-order valence-corrected chi connectivity index (χ2v) is 12.5. The lowest BCUT2D eigenvalue weighted by Gasteiger charge is -2.34. The van der Waals surface area contributed by atoms with Gasteiger partial charge in [-0.1, -0.05) is 52.4 Å². The van der Waals surface area contributed by atoms with Gasteiger partial charge in [0.1, 0.15) is 11.9 Å². The molecule has 7 atom stereocenters. The van der Waals surface area contributed by atoms with Gasteiger partial charge < -0.3 is 19.7 Å². The molecule has 2 aliphatic heterocycles. The van der Waals surface area contributed by atoms with Crippen molar-refractivity contribution in [3.63, 3.8) is 0 Å². The first kappa shape index (κ1) is 29.0. The first-order valence-electron chi connectivity index (χ1n) is 13.2. The van der Waals surface area contributed by atoms with Crippen LogP contribution >= 0.6 is 11.3 Å². The molecular weight excluding hydrogens is 478 g/mol. The molecular formula is C28H44NO6S+. The molecule has 7 nitrogen and oxygen atoms in total. The normalized spacial score (nSPS) is 36.8. The highest BCUT2D eigenvalue weighted by Gasteiger charge is 2.55. The van der Waals surface area contributed by atoms with E-state index in [1.807, 2.05) is 32.2 Å². The molecule has 0 bridgehead atoms. The van der Waals surface area contributed by atoms with Gasteiger partial charge in [0, 0.05) is 25.3 Å². The summed E-state index contributed by atoms with van der Waals surface area (Å²) in [5.41, 5.74) is 0.399. The van der Waals surface area contributed by atoms with E-state index in [1.165, 1.54) is 0 Å². The van der Waals surface area contributed by atoms with Crippen LogP contribution in [0.3, 0.4) is 0 Å². The molecule has 0 aromatic carbocycles. The Labute approximate surface area is 219 Å². The van der Waals surface area contributed by atoms with Gasteiger partial charge in [-0.05, 0) is 37.7 Å². The lowest BCUT2D eigenvalue weighted by atomic mass is 9.73. The minimum atomic E-state index is -1.22. The molecule has 3 unspecified atom stereocenters. The zero-order chi connectivity index (χ0) is 26.8. The molecule has 0 radical (unpaired) electrons. The number of hydrogen-bond donors (Lipinski definition) is 2. The zero-order valence-corrected chi connectivity index (χ0v) is 23.6. The molecule has 0 aliphatic carbocycles. The second-order valence-electron chi connectivity index (χ2n) is 11.5. The van der Waals surface area contributed by atoms with Crippen LogP contribution in [-0.2, 0) is 19.1 Å². The van der Waals surface area contributed by atoms with E-state index < -0.39 is 35.6 Å². The van der Waals surface area contributed by atoms with Gasteiger partial charge in [0.25, 0.3) is 0 Å². The maximum Gasteiger partial charge on any atom is 0.309 e. The third-order valence-corrected chi connectivity index (χ3v) is 9.20. The molecule has 3 heterocycles. The molecule has 8 heteroatoms. The summed E-state index contributed by atoms with van der Waals surface area (Å²) in [5.74, 6) is -1.52. The predicted octanol–water partition coefficient (Wildman–Crippen LogP) is 4.29. The van der Waals surface area contributed by atoms with E-state index in [0.717, 1.165) is 42.0 Å². The molecule has 36 heavy (non-hydrogen) atoms. The summed E-state index contributed by atoms with van der Waals surface area (Å²) in [6.07, 6.45) is 3.05. The number of H-pyrrole nitrogens is 1. The maximum atomic E-state index is 13.3. The number of aromatic nitrogens is 1. The number of aliphatic hydroxyl groups is 2. The highest BCUT2D eigenvalue weighted by atomic mass is 32.1. The molecule has 2 fully saturated rings. The quantitative estimate of drug-likeness (QED) is 0.453. The number of rotatable bonds is 3. The number of hydrogen-bond acceptors (Lipinski definition) is 7. The molecule has 1 aromatic heterocycles. The van der Waals surface area contributed by atoms with E-state index in [2.05, 4.69) is 11.9 Å². The summed E-state index contributed by atoms with van der Waals surface area (Å²) in [7, 11) is 0. The first-order valence-corrected chi connectivity index (χ1v) is 14.1. The van der Waals surface area contributed by atoms with Crippen molar-refractivity contribution in [1.29, 1.82) is 0 Å². The number of esters is 1. The number of aryl methyl sites for hydroxylation is 1. The number of nitrogens with one attached hydrogen (secondary N) is 1. The van der Waals surface area contributed by atoms with Gasteiger partial charge in [-0.25, -0.2) is 0 Å². The van der Waals surface area contributed by atoms with E-state index in [1.54, 1.807) is 32.1 Å². The Morgan fingerprint density at radius 1 is 1.28 bits per heavy atom. The van der Waals surface area contributed by atoms with Gasteiger partial charge in [-0.15, -0.1) is 0 Å². The monoisotopic (exact) mass is 522 g/mol. The Hall–Kier alpha value is -1.61. The molecule has 3 N–H and O–H groups in total. The van der Waals surface area contributed by atoms with E-state index in [-0.39, 0.29) is 29.8 Å². The van der Waals surface area contributed by atoms with Gasteiger partial charge in [-0.2, -0.15) is 4.98 Å². The number of Topliss-reactive ketones (excluding diaryl/α,β-unsaturated/α-hetero) is 1. The molecule has 0 spiro atoms. The Bertz CT molecular complexity index is 971. The average Bonchev–Trinajstić information content (AvgIpc) is 3.35. The lowest BCUT2D eigenvalue weighted by Crippen LogP contribution is -2.45. The Morgan fingerprint density at radius 3 is 2.58 bits per heavy atom. The standard InChI is InChI=1S/C28H43NO6S/c1-8-28-11-9-10-16(2)25(32)18(4)26(33)27(6,7)22(30)14-24(31)34-21(13-23(28)35-28)17(3)12-20-15-36-19(5)29-20/h12,15-16,18,21-23,25,30,32H,8-11,13-14H2,1-7H3/p+1/b17-12+/t16-,18+,21?,22?,23?,25-,28+/m0/s1. The number of ketones is 1. The Kier molecular flexibility index (Phi) is 9.18. The van der Waals surface area contributed by atoms with Crippen LogP contribution in [0.15, 0.2) is 11.0 Å². The van der Waals surface area contributed by atoms with Crippen molar-refractivity contribution in [3.8, 4) is 0 Å². The van der Waals surface area contributed by atoms with Gasteiger partial charge >= 0.3 is 5.97 Å². The van der Waals surface area contributed by atoms with Gasteiger partial charge in [0.2, 0.25) is 10.7 Å². The summed E-state index contributed by atoms with van der Waals surface area (Å²) < 4.78 is 12.1. The van der Waals surface area contributed by atoms with Crippen LogP contribution in [0, 0.1) is 24.2 Å². The van der Waals surface area contributed by atoms with Crippen molar-refractivity contribution in [3.05, 3.63) is 21.7 Å². The van der Waals surface area contributed by atoms with Crippen molar-refractivity contribution in [1.82, 2.24) is 0 Å². The zero-order valence-electron chi connectivity index (χ0n) is 22.8. The van der Waals surface area contributed by atoms with Gasteiger partial charge in [-0.3, -0.25) is 9.59 Å². The Balaban J connectivity index is 1.88. The fraction of sp³-hybridized carbons (Fsp3) is 0.750. The largest absolute Gasteiger partial charge is 0.458 e. The highest BCUT2D eigenvalue weighted by molar-refractivity contribution is 7.09. The summed E-state index contributed by atoms with van der Waals surface area (Å²) >= 11 is 1.62. The highest BCUT2D eigenvalue weighted by Crippen LogP contribution is 2.47. The van der Waals surface area contributed by atoms with Crippen molar-refractivity contribution in [2.45, 2.75) is 117 Å². The van der Waals surface area contributed by atoms with E-state index in [9.17, 15) is 19.8 Å². The topological polar surface area (TPSA) is 110 Å². The number of carbonyl (C=O) groups is 2. The summed E-state index contributed by atoms with van der Waals surface area (Å²) in [4.78, 5) is 29.6. The van der Waals surface area contributed by atoms with Gasteiger partial charge in [0.05, 0.1) is 41.1 Å². The predicted molar refractivity (Wildman–Crippen MR) is 139 cm³/mol. The fourth-order valence-electron chi connectivity index (χ4n) is 5.48. The van der Waals surface area contributed by atoms with Crippen molar-refractivity contribution < 1.29 is 34.3 Å². The first-order chi connectivity index (χ1) is 16.8. The van der Waals surface area contributed by atoms with Crippen LogP contribution in [0.2, 0.25) is 0 Å². The number of thiazole rings is 1. The average molecular weight is 523 g/mol. The minimum Gasteiger partial charge on any atom is -0.458 e. The lowest BCUT2D eigenvalue weighted by molar-refractivity contribution is -0.382.